The first kappa shape index (κ1) is 14.3. The number of rotatable bonds is 6. The molecular formula is C15H15ClN2O2. The molecule has 5 heteroatoms. The van der Waals surface area contributed by atoms with Crippen LogP contribution in [0.3, 0.4) is 0 Å². The Hall–Kier alpha value is -2.07. The second-order valence-electron chi connectivity index (χ2n) is 4.11. The fraction of sp³-hybridized carbons (Fsp3) is 0.200. The summed E-state index contributed by atoms with van der Waals surface area (Å²) in [5.41, 5.74) is 0.387. The highest BCUT2D eigenvalue weighted by atomic mass is 35.5. The van der Waals surface area contributed by atoms with Gasteiger partial charge in [0, 0.05) is 12.7 Å². The summed E-state index contributed by atoms with van der Waals surface area (Å²) in [7, 11) is 0. The minimum atomic E-state index is -0.220. The largest absolute Gasteiger partial charge is 0.494 e. The lowest BCUT2D eigenvalue weighted by Crippen LogP contribution is -2.26. The zero-order chi connectivity index (χ0) is 14.2. The Balaban J connectivity index is 1.69. The average molecular weight is 291 g/mol. The van der Waals surface area contributed by atoms with Crippen molar-refractivity contribution < 1.29 is 9.53 Å². The number of carbonyl (C=O) groups is 1. The van der Waals surface area contributed by atoms with Gasteiger partial charge in [0.1, 0.15) is 10.9 Å². The Morgan fingerprint density at radius 2 is 2.00 bits per heavy atom. The van der Waals surface area contributed by atoms with Gasteiger partial charge in [0.05, 0.1) is 12.2 Å². The van der Waals surface area contributed by atoms with Gasteiger partial charge in [-0.25, -0.2) is 4.98 Å². The summed E-state index contributed by atoms with van der Waals surface area (Å²) < 4.78 is 5.53. The van der Waals surface area contributed by atoms with Crippen LogP contribution in [-0.2, 0) is 0 Å². The molecule has 0 aliphatic rings. The van der Waals surface area contributed by atoms with Crippen molar-refractivity contribution in [3.63, 3.8) is 0 Å². The topological polar surface area (TPSA) is 51.2 Å². The van der Waals surface area contributed by atoms with Crippen LogP contribution < -0.4 is 10.1 Å². The second kappa shape index (κ2) is 7.50. The third-order valence-electron chi connectivity index (χ3n) is 2.62. The van der Waals surface area contributed by atoms with E-state index in [1.807, 2.05) is 30.3 Å². The summed E-state index contributed by atoms with van der Waals surface area (Å²) in [6.07, 6.45) is 2.27. The molecule has 0 spiro atoms. The van der Waals surface area contributed by atoms with Gasteiger partial charge in [-0.15, -0.1) is 0 Å². The van der Waals surface area contributed by atoms with Crippen LogP contribution in [0.15, 0.2) is 48.7 Å². The van der Waals surface area contributed by atoms with Gasteiger partial charge in [0.25, 0.3) is 5.91 Å². The first-order valence-electron chi connectivity index (χ1n) is 6.34. The van der Waals surface area contributed by atoms with E-state index in [2.05, 4.69) is 10.3 Å². The number of aromatic nitrogens is 1. The third-order valence-corrected chi connectivity index (χ3v) is 2.92. The number of carbonyl (C=O) groups excluding carboxylic acids is 1. The Labute approximate surface area is 122 Å². The molecule has 4 nitrogen and oxygen atoms in total. The van der Waals surface area contributed by atoms with Gasteiger partial charge in [-0.3, -0.25) is 4.79 Å². The maximum atomic E-state index is 11.8. The Morgan fingerprint density at radius 1 is 1.20 bits per heavy atom. The maximum absolute atomic E-state index is 11.8. The van der Waals surface area contributed by atoms with Crippen LogP contribution in [0.5, 0.6) is 5.75 Å². The van der Waals surface area contributed by atoms with Gasteiger partial charge in [0.15, 0.2) is 0 Å². The molecule has 0 aliphatic carbocycles. The molecule has 104 valence electrons. The van der Waals surface area contributed by atoms with Gasteiger partial charge < -0.3 is 10.1 Å². The van der Waals surface area contributed by atoms with E-state index in [1.54, 1.807) is 18.3 Å². The van der Waals surface area contributed by atoms with Crippen molar-refractivity contribution in [3.05, 3.63) is 59.4 Å². The van der Waals surface area contributed by atoms with E-state index in [4.69, 9.17) is 16.3 Å². The van der Waals surface area contributed by atoms with Crippen LogP contribution in [0.2, 0.25) is 5.15 Å². The minimum absolute atomic E-state index is 0.213. The van der Waals surface area contributed by atoms with E-state index in [0.717, 1.165) is 12.2 Å². The molecule has 0 unspecified atom stereocenters. The van der Waals surface area contributed by atoms with Crippen LogP contribution in [-0.4, -0.2) is 24.0 Å². The smallest absolute Gasteiger partial charge is 0.254 e. The molecule has 0 aliphatic heterocycles. The molecule has 1 amide bonds. The van der Waals surface area contributed by atoms with E-state index in [0.29, 0.717) is 18.7 Å². The zero-order valence-corrected chi connectivity index (χ0v) is 11.6. The highest BCUT2D eigenvalue weighted by Crippen LogP contribution is 2.11. The Morgan fingerprint density at radius 3 is 2.75 bits per heavy atom. The number of hydrogen-bond acceptors (Lipinski definition) is 3. The number of amides is 1. The average Bonchev–Trinajstić information content (AvgIpc) is 2.48. The summed E-state index contributed by atoms with van der Waals surface area (Å²) in [6.45, 7) is 1.07. The summed E-state index contributed by atoms with van der Waals surface area (Å²) in [4.78, 5) is 15.7. The Kier molecular flexibility index (Phi) is 5.38. The van der Waals surface area contributed by atoms with E-state index in [-0.39, 0.29) is 11.1 Å². The van der Waals surface area contributed by atoms with Crippen molar-refractivity contribution in [3.8, 4) is 5.75 Å². The second-order valence-corrected chi connectivity index (χ2v) is 4.47. The van der Waals surface area contributed by atoms with Crippen molar-refractivity contribution in [1.29, 1.82) is 0 Å². The molecule has 2 aromatic rings. The van der Waals surface area contributed by atoms with Gasteiger partial charge in [-0.1, -0.05) is 29.8 Å². The molecule has 1 heterocycles. The van der Waals surface area contributed by atoms with E-state index in [1.165, 1.54) is 0 Å². The number of hydrogen-bond donors (Lipinski definition) is 1. The molecule has 1 aromatic carbocycles. The number of nitrogens with one attached hydrogen (secondary N) is 1. The van der Waals surface area contributed by atoms with Gasteiger partial charge in [-0.05, 0) is 30.7 Å². The van der Waals surface area contributed by atoms with Crippen molar-refractivity contribution in [2.24, 2.45) is 0 Å². The number of benzene rings is 1. The lowest BCUT2D eigenvalue weighted by molar-refractivity contribution is 0.0951. The van der Waals surface area contributed by atoms with E-state index < -0.39 is 0 Å². The van der Waals surface area contributed by atoms with Crippen LogP contribution >= 0.6 is 11.6 Å². The number of ether oxygens (including phenoxy) is 1. The molecule has 1 N–H and O–H groups in total. The van der Waals surface area contributed by atoms with Crippen LogP contribution in [0, 0.1) is 0 Å². The Bertz CT molecular complexity index is 561. The maximum Gasteiger partial charge on any atom is 0.254 e. The lowest BCUT2D eigenvalue weighted by atomic mass is 10.2. The van der Waals surface area contributed by atoms with Gasteiger partial charge >= 0.3 is 0 Å². The van der Waals surface area contributed by atoms with Crippen molar-refractivity contribution >= 4 is 17.5 Å². The van der Waals surface area contributed by atoms with Crippen LogP contribution in [0.1, 0.15) is 16.8 Å². The fourth-order valence-electron chi connectivity index (χ4n) is 1.63. The fourth-order valence-corrected chi connectivity index (χ4v) is 1.84. The van der Waals surface area contributed by atoms with Crippen molar-refractivity contribution in [2.45, 2.75) is 6.42 Å². The molecule has 0 bridgehead atoms. The molecule has 0 saturated carbocycles. The van der Waals surface area contributed by atoms with E-state index >= 15 is 0 Å². The molecule has 0 atom stereocenters. The molecule has 0 radical (unpaired) electrons. The highest BCUT2D eigenvalue weighted by molar-refractivity contribution is 6.32. The van der Waals surface area contributed by atoms with Gasteiger partial charge in [-0.2, -0.15) is 0 Å². The lowest BCUT2D eigenvalue weighted by Gasteiger charge is -2.07. The first-order chi connectivity index (χ1) is 9.77. The number of halogens is 1. The van der Waals surface area contributed by atoms with E-state index in [9.17, 15) is 4.79 Å². The summed E-state index contributed by atoms with van der Waals surface area (Å²) >= 11 is 5.84. The summed E-state index contributed by atoms with van der Waals surface area (Å²) in [6, 6.07) is 12.9. The highest BCUT2D eigenvalue weighted by Gasteiger charge is 2.09. The normalized spacial score (nSPS) is 10.1. The predicted molar refractivity (Wildman–Crippen MR) is 78.1 cm³/mol. The monoisotopic (exact) mass is 290 g/mol. The molecule has 1 aromatic heterocycles. The molecule has 0 fully saturated rings. The molecule has 20 heavy (non-hydrogen) atoms. The molecule has 2 rings (SSSR count). The molecule has 0 saturated heterocycles. The van der Waals surface area contributed by atoms with Gasteiger partial charge in [0.2, 0.25) is 0 Å². The predicted octanol–water partition coefficient (Wildman–Crippen LogP) is 2.93. The quantitative estimate of drug-likeness (QED) is 0.657. The molecular weight excluding hydrogens is 276 g/mol. The van der Waals surface area contributed by atoms with Crippen molar-refractivity contribution in [1.82, 2.24) is 10.3 Å². The number of nitrogens with zero attached hydrogens (tertiary/aromatic N) is 1. The van der Waals surface area contributed by atoms with Crippen LogP contribution in [0.4, 0.5) is 0 Å². The summed E-state index contributed by atoms with van der Waals surface area (Å²) in [5.74, 6) is 0.608. The van der Waals surface area contributed by atoms with Crippen LogP contribution in [0.25, 0.3) is 0 Å². The first-order valence-corrected chi connectivity index (χ1v) is 6.72. The number of para-hydroxylation sites is 1. The third kappa shape index (κ3) is 4.24. The van der Waals surface area contributed by atoms with Crippen molar-refractivity contribution in [2.75, 3.05) is 13.2 Å². The SMILES string of the molecule is O=C(NCCCOc1ccccc1)c1cccnc1Cl. The standard InChI is InChI=1S/C15H15ClN2O2/c16-14-13(8-4-9-17-14)15(19)18-10-5-11-20-12-6-2-1-3-7-12/h1-4,6-9H,5,10-11H2,(H,18,19). The summed E-state index contributed by atoms with van der Waals surface area (Å²) in [5, 5.41) is 3.00. The number of pyridine rings is 1. The zero-order valence-electron chi connectivity index (χ0n) is 10.9. The minimum Gasteiger partial charge on any atom is -0.494 e.